The van der Waals surface area contributed by atoms with E-state index in [0.717, 1.165) is 22.3 Å². The summed E-state index contributed by atoms with van der Waals surface area (Å²) in [5.74, 6) is -2.73. The van der Waals surface area contributed by atoms with Crippen molar-refractivity contribution in [3.05, 3.63) is 29.3 Å². The number of nitrogens with one attached hydrogen (secondary N) is 1. The number of sulfone groups is 1. The van der Waals surface area contributed by atoms with Crippen LogP contribution in [0.1, 0.15) is 30.9 Å². The van der Waals surface area contributed by atoms with E-state index in [9.17, 15) is 32.6 Å². The minimum Gasteiger partial charge on any atom is -0.536 e. The Balaban J connectivity index is 1.73. The van der Waals surface area contributed by atoms with Crippen LogP contribution in [-0.2, 0) is 30.6 Å². The molecule has 2 atom stereocenters. The molecule has 13 heteroatoms. The molecule has 2 aliphatic heterocycles. The first-order valence-electron chi connectivity index (χ1n) is 11.5. The molecule has 1 aromatic carbocycles. The highest BCUT2D eigenvalue weighted by atomic mass is 32.2. The molecule has 0 radical (unpaired) electrons. The fourth-order valence-corrected chi connectivity index (χ4v) is 4.92. The third-order valence-corrected chi connectivity index (χ3v) is 7.26. The van der Waals surface area contributed by atoms with Gasteiger partial charge in [0.05, 0.1) is 11.8 Å². The number of rotatable bonds is 8. The number of para-hydroxylation sites is 1. The van der Waals surface area contributed by atoms with E-state index in [0.29, 0.717) is 18.7 Å². The molecular formula is C22H30BN3O8S. The third kappa shape index (κ3) is 6.40. The lowest BCUT2D eigenvalue weighted by atomic mass is 9.64. The third-order valence-electron chi connectivity index (χ3n) is 6.28. The van der Waals surface area contributed by atoms with Crippen LogP contribution in [0, 0.1) is 6.92 Å². The highest BCUT2D eigenvalue weighted by Gasteiger charge is 2.40. The fraction of sp³-hybridized carbons (Fsp3) is 0.545. The summed E-state index contributed by atoms with van der Waals surface area (Å²) in [6.07, 6.45) is 0.989. The number of amides is 4. The summed E-state index contributed by atoms with van der Waals surface area (Å²) in [5.41, 5.74) is 1.69. The van der Waals surface area contributed by atoms with Crippen molar-refractivity contribution in [2.45, 2.75) is 45.0 Å². The number of benzene rings is 1. The number of carbonyl (C=O) groups is 4. The molecular weight excluding hydrogens is 477 g/mol. The van der Waals surface area contributed by atoms with Gasteiger partial charge in [-0.1, -0.05) is 18.2 Å². The van der Waals surface area contributed by atoms with E-state index in [2.05, 4.69) is 5.32 Å². The predicted molar refractivity (Wildman–Crippen MR) is 127 cm³/mol. The van der Waals surface area contributed by atoms with Crippen LogP contribution in [0.5, 0.6) is 5.75 Å². The van der Waals surface area contributed by atoms with Gasteiger partial charge in [-0.3, -0.25) is 19.3 Å². The number of hydrogen-bond acceptors (Lipinski definition) is 8. The number of imide groups is 1. The average Bonchev–Trinajstić information content (AvgIpc) is 2.78. The van der Waals surface area contributed by atoms with Crippen LogP contribution >= 0.6 is 0 Å². The number of carbonyl (C=O) groups excluding carboxylic acids is 4. The molecule has 2 aliphatic rings. The van der Waals surface area contributed by atoms with Gasteiger partial charge in [-0.05, 0) is 37.8 Å². The van der Waals surface area contributed by atoms with Crippen molar-refractivity contribution in [3.8, 4) is 5.75 Å². The van der Waals surface area contributed by atoms with Gasteiger partial charge in [0.1, 0.15) is 15.6 Å². The molecule has 1 saturated heterocycles. The summed E-state index contributed by atoms with van der Waals surface area (Å²) in [5, 5.41) is 12.9. The van der Waals surface area contributed by atoms with Crippen LogP contribution in [0.25, 0.3) is 0 Å². The number of hydrogen-bond donors (Lipinski definition) is 2. The molecule has 4 amide bonds. The van der Waals surface area contributed by atoms with Crippen molar-refractivity contribution in [1.82, 2.24) is 15.1 Å². The zero-order valence-electron chi connectivity index (χ0n) is 20.0. The Labute approximate surface area is 204 Å². The Morgan fingerprint density at radius 2 is 1.97 bits per heavy atom. The second-order valence-corrected chi connectivity index (χ2v) is 11.2. The van der Waals surface area contributed by atoms with Crippen molar-refractivity contribution in [1.29, 1.82) is 0 Å². The predicted octanol–water partition coefficient (Wildman–Crippen LogP) is -0.0566. The first-order valence-corrected chi connectivity index (χ1v) is 13.5. The largest absolute Gasteiger partial charge is 0.536 e. The van der Waals surface area contributed by atoms with Gasteiger partial charge in [0.2, 0.25) is 0 Å². The average molecular weight is 507 g/mol. The number of nitrogens with zero attached hydrogens (tertiary/aromatic N) is 2. The summed E-state index contributed by atoms with van der Waals surface area (Å²) in [6, 6.07) is 3.37. The lowest BCUT2D eigenvalue weighted by Crippen LogP contribution is -2.59. The SMILES string of the molecule is CCN1CCN(C(=O)N[C@@H](CCS(C)(=O)=O)C(=O)C[C@H]2Cc3cccc(C)c3OB2O)C(=O)C1=O. The molecule has 1 aromatic rings. The van der Waals surface area contributed by atoms with Crippen LogP contribution in [0.3, 0.4) is 0 Å². The zero-order valence-corrected chi connectivity index (χ0v) is 20.8. The lowest BCUT2D eigenvalue weighted by Gasteiger charge is -2.33. The van der Waals surface area contributed by atoms with E-state index in [1.807, 2.05) is 25.1 Å². The van der Waals surface area contributed by atoms with E-state index in [1.165, 1.54) is 4.90 Å². The molecule has 190 valence electrons. The van der Waals surface area contributed by atoms with Crippen LogP contribution in [0.15, 0.2) is 18.2 Å². The van der Waals surface area contributed by atoms with E-state index in [1.54, 1.807) is 6.92 Å². The molecule has 0 unspecified atom stereocenters. The summed E-state index contributed by atoms with van der Waals surface area (Å²) in [6.45, 7) is 4.01. The van der Waals surface area contributed by atoms with E-state index >= 15 is 0 Å². The van der Waals surface area contributed by atoms with E-state index < -0.39 is 52.4 Å². The van der Waals surface area contributed by atoms with Gasteiger partial charge in [0, 0.05) is 38.1 Å². The van der Waals surface area contributed by atoms with Crippen molar-refractivity contribution in [3.63, 3.8) is 0 Å². The van der Waals surface area contributed by atoms with Crippen molar-refractivity contribution in [2.24, 2.45) is 0 Å². The topological polar surface area (TPSA) is 150 Å². The summed E-state index contributed by atoms with van der Waals surface area (Å²) in [7, 11) is -4.70. The van der Waals surface area contributed by atoms with Gasteiger partial charge in [-0.25, -0.2) is 13.2 Å². The normalized spacial score (nSPS) is 19.2. The Hall–Kier alpha value is -2.93. The molecule has 0 saturated carbocycles. The van der Waals surface area contributed by atoms with Crippen LogP contribution < -0.4 is 9.97 Å². The lowest BCUT2D eigenvalue weighted by molar-refractivity contribution is -0.153. The number of likely N-dealkylation sites (N-methyl/N-ethyl adjacent to an activating group) is 1. The van der Waals surface area contributed by atoms with Crippen molar-refractivity contribution < 1.29 is 37.3 Å². The maximum atomic E-state index is 13.2. The Bertz CT molecular complexity index is 1130. The first kappa shape index (κ1) is 26.7. The monoisotopic (exact) mass is 507 g/mol. The number of aryl methyl sites for hydroxylation is 1. The van der Waals surface area contributed by atoms with Crippen LogP contribution in [0.2, 0.25) is 5.82 Å². The van der Waals surface area contributed by atoms with E-state index in [4.69, 9.17) is 4.65 Å². The molecule has 0 bridgehead atoms. The molecule has 2 heterocycles. The maximum Gasteiger partial charge on any atom is 0.526 e. The first-order chi connectivity index (χ1) is 16.4. The van der Waals surface area contributed by atoms with Gasteiger partial charge in [0.25, 0.3) is 0 Å². The molecule has 11 nitrogen and oxygen atoms in total. The Kier molecular flexibility index (Phi) is 8.21. The van der Waals surface area contributed by atoms with Gasteiger partial charge in [-0.2, -0.15) is 0 Å². The standard InChI is InChI=1S/C22H30BN3O8S/c1-4-25-9-10-26(21(29)20(25)28)22(30)24-17(8-11-35(3,32)33)18(27)13-16-12-15-7-5-6-14(2)19(15)34-23(16)31/h5-7,16-17,31H,4,8-13H2,1-3H3,(H,24,30)/t16-,17+/m1/s1. The van der Waals surface area contributed by atoms with Crippen molar-refractivity contribution in [2.75, 3.05) is 31.6 Å². The second-order valence-electron chi connectivity index (χ2n) is 8.97. The molecule has 0 aromatic heterocycles. The van der Waals surface area contributed by atoms with E-state index in [-0.39, 0.29) is 31.7 Å². The van der Waals surface area contributed by atoms with Gasteiger partial charge in [0.15, 0.2) is 5.78 Å². The molecule has 2 N–H and O–H groups in total. The molecule has 0 aliphatic carbocycles. The van der Waals surface area contributed by atoms with Crippen molar-refractivity contribution >= 4 is 40.6 Å². The number of fused-ring (bicyclic) bond motifs is 1. The highest BCUT2D eigenvalue weighted by molar-refractivity contribution is 7.90. The molecule has 35 heavy (non-hydrogen) atoms. The number of Topliss-reactive ketones (excluding diaryl/α,β-unsaturated/α-hetero) is 1. The van der Waals surface area contributed by atoms with Gasteiger partial charge < -0.3 is 19.9 Å². The van der Waals surface area contributed by atoms with Gasteiger partial charge >= 0.3 is 25.0 Å². The number of piperazine rings is 1. The number of urea groups is 1. The fourth-order valence-electron chi connectivity index (χ4n) is 4.26. The molecule has 0 spiro atoms. The van der Waals surface area contributed by atoms with Crippen LogP contribution in [-0.4, -0.2) is 91.7 Å². The second kappa shape index (κ2) is 10.8. The van der Waals surface area contributed by atoms with Gasteiger partial charge in [-0.15, -0.1) is 0 Å². The summed E-state index contributed by atoms with van der Waals surface area (Å²) < 4.78 is 29.1. The molecule has 3 rings (SSSR count). The zero-order chi connectivity index (χ0) is 25.9. The Morgan fingerprint density at radius 3 is 2.63 bits per heavy atom. The molecule has 1 fully saturated rings. The summed E-state index contributed by atoms with van der Waals surface area (Å²) in [4.78, 5) is 52.5. The maximum absolute atomic E-state index is 13.2. The minimum absolute atomic E-state index is 0.0391. The highest BCUT2D eigenvalue weighted by Crippen LogP contribution is 2.36. The quantitative estimate of drug-likeness (QED) is 0.367. The van der Waals surface area contributed by atoms with Crippen LogP contribution in [0.4, 0.5) is 4.79 Å². The Morgan fingerprint density at radius 1 is 1.26 bits per heavy atom. The summed E-state index contributed by atoms with van der Waals surface area (Å²) >= 11 is 0. The smallest absolute Gasteiger partial charge is 0.526 e. The minimum atomic E-state index is -3.45. The number of ketones is 1.